The van der Waals surface area contributed by atoms with Crippen LogP contribution in [-0.4, -0.2) is 24.4 Å². The van der Waals surface area contributed by atoms with Gasteiger partial charge in [-0.05, 0) is 24.0 Å². The van der Waals surface area contributed by atoms with Crippen molar-refractivity contribution in [1.82, 2.24) is 4.90 Å². The van der Waals surface area contributed by atoms with Gasteiger partial charge in [-0.1, -0.05) is 30.3 Å². The summed E-state index contributed by atoms with van der Waals surface area (Å²) in [5.74, 6) is 0. The van der Waals surface area contributed by atoms with Crippen LogP contribution in [-0.2, 0) is 4.79 Å². The van der Waals surface area contributed by atoms with Crippen molar-refractivity contribution >= 4 is 12.0 Å². The molecule has 0 spiro atoms. The fraction of sp³-hybridized carbons (Fsp3) is 0.286. The number of carbonyl (C=O) groups excluding carboxylic acids is 1. The van der Waals surface area contributed by atoms with Crippen molar-refractivity contribution in [3.05, 3.63) is 41.5 Å². The highest BCUT2D eigenvalue weighted by Crippen LogP contribution is 2.25. The summed E-state index contributed by atoms with van der Waals surface area (Å²) in [5, 5.41) is 9.26. The van der Waals surface area contributed by atoms with E-state index < -0.39 is 0 Å². The molecule has 1 aliphatic heterocycles. The van der Waals surface area contributed by atoms with Gasteiger partial charge in [0.2, 0.25) is 6.41 Å². The quantitative estimate of drug-likeness (QED) is 0.573. The fourth-order valence-electron chi connectivity index (χ4n) is 2.10. The van der Waals surface area contributed by atoms with Crippen molar-refractivity contribution in [1.29, 1.82) is 5.26 Å². The number of hydrogen-bond donors (Lipinski definition) is 0. The van der Waals surface area contributed by atoms with E-state index in [4.69, 9.17) is 0 Å². The first kappa shape index (κ1) is 11.4. The van der Waals surface area contributed by atoms with Gasteiger partial charge in [-0.3, -0.25) is 4.79 Å². The molecule has 0 saturated carbocycles. The molecule has 0 atom stereocenters. The van der Waals surface area contributed by atoms with Crippen molar-refractivity contribution < 1.29 is 4.79 Å². The van der Waals surface area contributed by atoms with Crippen LogP contribution < -0.4 is 0 Å². The molecule has 1 aromatic rings. The van der Waals surface area contributed by atoms with E-state index >= 15 is 0 Å². The van der Waals surface area contributed by atoms with Gasteiger partial charge in [-0.2, -0.15) is 5.26 Å². The van der Waals surface area contributed by atoms with Crippen LogP contribution in [0, 0.1) is 11.3 Å². The third kappa shape index (κ3) is 2.54. The maximum Gasteiger partial charge on any atom is 0.209 e. The monoisotopic (exact) mass is 226 g/mol. The molecule has 86 valence electrons. The zero-order valence-electron chi connectivity index (χ0n) is 9.60. The summed E-state index contributed by atoms with van der Waals surface area (Å²) >= 11 is 0. The lowest BCUT2D eigenvalue weighted by Crippen LogP contribution is -2.29. The second-order valence-electron chi connectivity index (χ2n) is 4.10. The van der Waals surface area contributed by atoms with E-state index in [9.17, 15) is 10.1 Å². The molecule has 1 fully saturated rings. The molecular weight excluding hydrogens is 212 g/mol. The number of benzene rings is 1. The number of allylic oxidation sites excluding steroid dienone is 1. The maximum absolute atomic E-state index is 10.6. The van der Waals surface area contributed by atoms with Gasteiger partial charge in [0, 0.05) is 13.1 Å². The van der Waals surface area contributed by atoms with Crippen LogP contribution in [0.15, 0.2) is 35.9 Å². The minimum atomic E-state index is 0.719. The highest BCUT2D eigenvalue weighted by Gasteiger charge is 2.16. The molecule has 0 aliphatic carbocycles. The minimum absolute atomic E-state index is 0.719. The van der Waals surface area contributed by atoms with E-state index in [1.165, 1.54) is 0 Å². The van der Waals surface area contributed by atoms with Gasteiger partial charge in [-0.25, -0.2) is 0 Å². The molecule has 0 radical (unpaired) electrons. The van der Waals surface area contributed by atoms with Crippen LogP contribution in [0.5, 0.6) is 0 Å². The summed E-state index contributed by atoms with van der Waals surface area (Å²) in [6, 6.07) is 12.0. The van der Waals surface area contributed by atoms with E-state index in [0.29, 0.717) is 0 Å². The Morgan fingerprint density at radius 2 is 1.88 bits per heavy atom. The Labute approximate surface area is 101 Å². The summed E-state index contributed by atoms with van der Waals surface area (Å²) in [5.41, 5.74) is 2.91. The average molecular weight is 226 g/mol. The number of likely N-dealkylation sites (tertiary alicyclic amines) is 1. The van der Waals surface area contributed by atoms with Crippen LogP contribution in [0.3, 0.4) is 0 Å². The summed E-state index contributed by atoms with van der Waals surface area (Å²) in [6.45, 7) is 1.44. The summed E-state index contributed by atoms with van der Waals surface area (Å²) in [6.07, 6.45) is 2.48. The number of rotatable bonds is 2. The normalized spacial score (nSPS) is 15.2. The molecule has 2 rings (SSSR count). The number of hydrogen-bond acceptors (Lipinski definition) is 2. The lowest BCUT2D eigenvalue weighted by molar-refractivity contribution is -0.118. The Bertz CT molecular complexity index is 461. The average Bonchev–Trinajstić information content (AvgIpc) is 2.42. The second kappa shape index (κ2) is 5.31. The summed E-state index contributed by atoms with van der Waals surface area (Å²) in [4.78, 5) is 12.4. The molecule has 0 aromatic heterocycles. The number of nitrogens with zero attached hydrogens (tertiary/aromatic N) is 2. The Balaban J connectivity index is 2.25. The van der Waals surface area contributed by atoms with E-state index in [1.807, 2.05) is 30.3 Å². The van der Waals surface area contributed by atoms with Crippen molar-refractivity contribution in [2.45, 2.75) is 12.8 Å². The highest BCUT2D eigenvalue weighted by atomic mass is 16.1. The van der Waals surface area contributed by atoms with Gasteiger partial charge in [0.15, 0.2) is 0 Å². The van der Waals surface area contributed by atoms with Crippen molar-refractivity contribution in [3.63, 3.8) is 0 Å². The molecule has 0 N–H and O–H groups in total. The van der Waals surface area contributed by atoms with Crippen LogP contribution >= 0.6 is 0 Å². The van der Waals surface area contributed by atoms with E-state index in [1.54, 1.807) is 4.90 Å². The standard InChI is InChI=1S/C14H14N2O/c15-10-14(12-4-2-1-3-5-12)13-6-8-16(11-17)9-7-13/h1-5,11H,6-9H2. The number of amides is 1. The Morgan fingerprint density at radius 1 is 1.24 bits per heavy atom. The summed E-state index contributed by atoms with van der Waals surface area (Å²) < 4.78 is 0. The molecule has 17 heavy (non-hydrogen) atoms. The highest BCUT2D eigenvalue weighted by molar-refractivity contribution is 5.79. The zero-order valence-corrected chi connectivity index (χ0v) is 9.60. The predicted molar refractivity (Wildman–Crippen MR) is 65.8 cm³/mol. The van der Waals surface area contributed by atoms with Gasteiger partial charge >= 0.3 is 0 Å². The fourth-order valence-corrected chi connectivity index (χ4v) is 2.10. The van der Waals surface area contributed by atoms with Gasteiger partial charge in [0.25, 0.3) is 0 Å². The summed E-state index contributed by atoms with van der Waals surface area (Å²) in [7, 11) is 0. The Kier molecular flexibility index (Phi) is 3.56. The van der Waals surface area contributed by atoms with E-state index in [2.05, 4.69) is 6.07 Å². The molecule has 1 aliphatic rings. The first-order valence-corrected chi connectivity index (χ1v) is 5.72. The lowest BCUT2D eigenvalue weighted by Gasteiger charge is -2.25. The van der Waals surface area contributed by atoms with Crippen molar-refractivity contribution in [2.75, 3.05) is 13.1 Å². The number of nitriles is 1. The lowest BCUT2D eigenvalue weighted by atomic mass is 9.94. The van der Waals surface area contributed by atoms with Gasteiger partial charge in [0.05, 0.1) is 11.6 Å². The van der Waals surface area contributed by atoms with Gasteiger partial charge in [0.1, 0.15) is 0 Å². The molecule has 0 unspecified atom stereocenters. The zero-order chi connectivity index (χ0) is 12.1. The second-order valence-corrected chi connectivity index (χ2v) is 4.10. The molecule has 3 nitrogen and oxygen atoms in total. The molecule has 3 heteroatoms. The van der Waals surface area contributed by atoms with Crippen molar-refractivity contribution in [2.24, 2.45) is 0 Å². The SMILES string of the molecule is N#CC(=C1CCN(C=O)CC1)c1ccccc1. The molecule has 1 aromatic carbocycles. The molecule has 1 amide bonds. The van der Waals surface area contributed by atoms with E-state index in [0.717, 1.165) is 49.1 Å². The topological polar surface area (TPSA) is 44.1 Å². The van der Waals surface area contributed by atoms with Gasteiger partial charge in [-0.15, -0.1) is 0 Å². The van der Waals surface area contributed by atoms with E-state index in [-0.39, 0.29) is 0 Å². The first-order valence-electron chi connectivity index (χ1n) is 5.72. The Hall–Kier alpha value is -2.08. The van der Waals surface area contributed by atoms with Crippen LogP contribution in [0.25, 0.3) is 5.57 Å². The number of piperidine rings is 1. The minimum Gasteiger partial charge on any atom is -0.345 e. The van der Waals surface area contributed by atoms with Crippen molar-refractivity contribution in [3.8, 4) is 6.07 Å². The predicted octanol–water partition coefficient (Wildman–Crippen LogP) is 2.22. The third-order valence-electron chi connectivity index (χ3n) is 3.08. The van der Waals surface area contributed by atoms with Crippen LogP contribution in [0.4, 0.5) is 0 Å². The number of carbonyl (C=O) groups is 1. The maximum atomic E-state index is 10.6. The molecule has 1 heterocycles. The van der Waals surface area contributed by atoms with Crippen LogP contribution in [0.2, 0.25) is 0 Å². The first-order chi connectivity index (χ1) is 8.35. The largest absolute Gasteiger partial charge is 0.345 e. The molecule has 1 saturated heterocycles. The third-order valence-corrected chi connectivity index (χ3v) is 3.08. The smallest absolute Gasteiger partial charge is 0.209 e. The molecular formula is C14H14N2O. The Morgan fingerprint density at radius 3 is 2.41 bits per heavy atom. The molecule has 0 bridgehead atoms. The van der Waals surface area contributed by atoms with Gasteiger partial charge < -0.3 is 4.90 Å². The van der Waals surface area contributed by atoms with Crippen LogP contribution in [0.1, 0.15) is 18.4 Å².